The van der Waals surface area contributed by atoms with Crippen LogP contribution >= 0.6 is 0 Å². The minimum atomic E-state index is -0.580. The molecular weight excluding hydrogens is 795 g/mol. The third-order valence-corrected chi connectivity index (χ3v) is 12.0. The zero-order valence-corrected chi connectivity index (χ0v) is 38.0. The number of benzene rings is 5. The fraction of sp³-hybridized carbons (Fsp3) is 0.377. The number of nitriles is 1. The largest absolute Gasteiger partial charge is 0.493 e. The SMILES string of the molecule is COc1ccc(CCN(C)CCCC(C#N)(c2ccc(OC)c(OC)c2)C(C)C)cc1OC.Fc1ccc(C(c2ccc(F)cc2)N2CCN(C/C=C/c3ccccc3)CC2)cc1. The van der Waals surface area contributed by atoms with Crippen molar-refractivity contribution in [2.24, 2.45) is 5.92 Å². The van der Waals surface area contributed by atoms with Gasteiger partial charge in [-0.05, 0) is 115 Å². The van der Waals surface area contributed by atoms with Gasteiger partial charge in [-0.1, -0.05) is 92.7 Å². The predicted octanol–water partition coefficient (Wildman–Crippen LogP) is 10.5. The van der Waals surface area contributed by atoms with Gasteiger partial charge >= 0.3 is 0 Å². The van der Waals surface area contributed by atoms with E-state index in [1.807, 2.05) is 72.8 Å². The lowest BCUT2D eigenvalue weighted by molar-refractivity contribution is 0.118. The van der Waals surface area contributed by atoms with Crippen molar-refractivity contribution in [1.82, 2.24) is 14.7 Å². The number of halogens is 2. The van der Waals surface area contributed by atoms with Gasteiger partial charge in [0.05, 0.1) is 46.0 Å². The summed E-state index contributed by atoms with van der Waals surface area (Å²) < 4.78 is 48.5. The van der Waals surface area contributed by atoms with Crippen molar-refractivity contribution in [1.29, 1.82) is 5.26 Å². The number of methoxy groups -OCH3 is 4. The summed E-state index contributed by atoms with van der Waals surface area (Å²) >= 11 is 0. The van der Waals surface area contributed by atoms with E-state index in [0.717, 1.165) is 93.3 Å². The number of likely N-dealkylation sites (N-methyl/N-ethyl adjacent to an activating group) is 1. The lowest BCUT2D eigenvalue weighted by Gasteiger charge is -2.39. The summed E-state index contributed by atoms with van der Waals surface area (Å²) in [5, 5.41) is 10.2. The lowest BCUT2D eigenvalue weighted by atomic mass is 9.69. The highest BCUT2D eigenvalue weighted by Crippen LogP contribution is 2.40. The number of hydrogen-bond donors (Lipinski definition) is 0. The Kier molecular flexibility index (Phi) is 18.6. The van der Waals surface area contributed by atoms with Crippen LogP contribution in [-0.2, 0) is 11.8 Å². The quantitative estimate of drug-likeness (QED) is 0.0813. The van der Waals surface area contributed by atoms with Crippen LogP contribution in [0.1, 0.15) is 60.5 Å². The van der Waals surface area contributed by atoms with Crippen LogP contribution in [0.4, 0.5) is 8.78 Å². The van der Waals surface area contributed by atoms with Gasteiger partial charge in [-0.2, -0.15) is 5.26 Å². The molecule has 1 heterocycles. The minimum absolute atomic E-state index is 0.00629. The van der Waals surface area contributed by atoms with Gasteiger partial charge in [-0.25, -0.2) is 8.78 Å². The summed E-state index contributed by atoms with van der Waals surface area (Å²) in [6, 6.07) is 38.1. The molecule has 10 heteroatoms. The van der Waals surface area contributed by atoms with Gasteiger partial charge in [0.1, 0.15) is 11.6 Å². The average Bonchev–Trinajstić information content (AvgIpc) is 3.31. The van der Waals surface area contributed by atoms with Crippen LogP contribution in [0.15, 0.2) is 121 Å². The predicted molar refractivity (Wildman–Crippen MR) is 250 cm³/mol. The number of hydrogen-bond acceptors (Lipinski definition) is 8. The van der Waals surface area contributed by atoms with Crippen molar-refractivity contribution < 1.29 is 27.7 Å². The Morgan fingerprint density at radius 3 is 1.79 bits per heavy atom. The Balaban J connectivity index is 0.000000238. The van der Waals surface area contributed by atoms with Gasteiger partial charge < -0.3 is 23.8 Å². The molecule has 0 saturated carbocycles. The molecule has 0 spiro atoms. The first-order valence-corrected chi connectivity index (χ1v) is 21.8. The van der Waals surface area contributed by atoms with E-state index in [1.54, 1.807) is 28.4 Å². The van der Waals surface area contributed by atoms with E-state index in [0.29, 0.717) is 11.5 Å². The van der Waals surface area contributed by atoms with Gasteiger partial charge in [0, 0.05) is 39.3 Å². The standard InChI is InChI=1S/C27H38N2O4.C26H26F2N2/c1-20(2)27(19-28,22-10-12-24(31-5)26(18-22)33-7)14-8-15-29(3)16-13-21-9-11-23(30-4)25(17-21)32-6;27-24-12-8-22(9-13-24)26(23-10-14-25(28)15-11-23)30-19-17-29(18-20-30)16-4-7-21-5-2-1-3-6-21/h9-12,17-18,20H,8,13-16H2,1-7H3;1-15,26H,16-20H2/b;7-4+. The summed E-state index contributed by atoms with van der Waals surface area (Å²) in [5.74, 6) is 2.50. The lowest BCUT2D eigenvalue weighted by Crippen LogP contribution is -2.47. The molecule has 8 nitrogen and oxygen atoms in total. The molecule has 0 aliphatic carbocycles. The first-order valence-electron chi connectivity index (χ1n) is 21.8. The Morgan fingerprint density at radius 2 is 1.25 bits per heavy atom. The minimum Gasteiger partial charge on any atom is -0.493 e. The molecule has 0 amide bonds. The van der Waals surface area contributed by atoms with Gasteiger partial charge in [-0.3, -0.25) is 9.80 Å². The molecule has 1 fully saturated rings. The highest BCUT2D eigenvalue weighted by Gasteiger charge is 2.36. The second-order valence-electron chi connectivity index (χ2n) is 16.3. The fourth-order valence-electron chi connectivity index (χ4n) is 8.24. The topological polar surface area (TPSA) is 70.4 Å². The first kappa shape index (κ1) is 48.3. The van der Waals surface area contributed by atoms with Crippen molar-refractivity contribution in [3.63, 3.8) is 0 Å². The summed E-state index contributed by atoms with van der Waals surface area (Å²) in [5.41, 5.74) is 4.87. The van der Waals surface area contributed by atoms with Gasteiger partial charge in [-0.15, -0.1) is 0 Å². The summed E-state index contributed by atoms with van der Waals surface area (Å²) in [6.45, 7) is 10.7. The molecule has 0 bridgehead atoms. The van der Waals surface area contributed by atoms with Crippen LogP contribution in [-0.4, -0.2) is 96.0 Å². The van der Waals surface area contributed by atoms with Crippen molar-refractivity contribution in [2.75, 3.05) is 81.3 Å². The molecule has 63 heavy (non-hydrogen) atoms. The third-order valence-electron chi connectivity index (χ3n) is 12.0. The van der Waals surface area contributed by atoms with Crippen molar-refractivity contribution in [3.05, 3.63) is 161 Å². The molecule has 1 aliphatic rings. The van der Waals surface area contributed by atoms with Gasteiger partial charge in [0.2, 0.25) is 0 Å². The van der Waals surface area contributed by atoms with E-state index in [4.69, 9.17) is 18.9 Å². The Morgan fingerprint density at radius 1 is 0.698 bits per heavy atom. The van der Waals surface area contributed by atoms with Crippen LogP contribution in [0.5, 0.6) is 23.0 Å². The zero-order valence-electron chi connectivity index (χ0n) is 38.0. The van der Waals surface area contributed by atoms with Crippen LogP contribution in [0.2, 0.25) is 0 Å². The van der Waals surface area contributed by atoms with Crippen molar-refractivity contribution >= 4 is 6.08 Å². The van der Waals surface area contributed by atoms with Crippen molar-refractivity contribution in [2.45, 2.75) is 44.6 Å². The monoisotopic (exact) mass is 858 g/mol. The summed E-state index contributed by atoms with van der Waals surface area (Å²) in [4.78, 5) is 7.15. The molecule has 1 unspecified atom stereocenters. The van der Waals surface area contributed by atoms with Crippen LogP contribution < -0.4 is 18.9 Å². The molecule has 5 aromatic carbocycles. The maximum Gasteiger partial charge on any atom is 0.161 e. The van der Waals surface area contributed by atoms with Crippen molar-refractivity contribution in [3.8, 4) is 29.1 Å². The normalized spacial score (nSPS) is 14.3. The number of ether oxygens (including phenoxy) is 4. The number of nitrogens with zero attached hydrogens (tertiary/aromatic N) is 4. The van der Waals surface area contributed by atoms with E-state index in [-0.39, 0.29) is 23.6 Å². The Hall–Kier alpha value is -5.73. The number of rotatable bonds is 19. The Labute approximate surface area is 374 Å². The Bertz CT molecular complexity index is 2160. The molecular formula is C53H64F2N4O4. The molecule has 0 radical (unpaired) electrons. The smallest absolute Gasteiger partial charge is 0.161 e. The maximum absolute atomic E-state index is 13.5. The van der Waals surface area contributed by atoms with Crippen LogP contribution in [0.25, 0.3) is 6.08 Å². The average molecular weight is 859 g/mol. The first-order chi connectivity index (χ1) is 30.5. The van der Waals surface area contributed by atoms with Crippen LogP contribution in [0, 0.1) is 28.9 Å². The van der Waals surface area contributed by atoms with E-state index in [2.05, 4.69) is 72.0 Å². The molecule has 6 rings (SSSR count). The highest BCUT2D eigenvalue weighted by atomic mass is 19.1. The summed E-state index contributed by atoms with van der Waals surface area (Å²) in [6.07, 6.45) is 6.98. The molecule has 0 N–H and O–H groups in total. The highest BCUT2D eigenvalue weighted by molar-refractivity contribution is 5.49. The number of piperazine rings is 1. The zero-order chi connectivity index (χ0) is 45.2. The van der Waals surface area contributed by atoms with Gasteiger partial charge in [0.25, 0.3) is 0 Å². The molecule has 5 aromatic rings. The summed E-state index contributed by atoms with van der Waals surface area (Å²) in [7, 11) is 8.67. The maximum atomic E-state index is 13.5. The molecule has 1 atom stereocenters. The fourth-order valence-corrected chi connectivity index (χ4v) is 8.24. The second-order valence-corrected chi connectivity index (χ2v) is 16.3. The second kappa shape index (κ2) is 24.2. The molecule has 0 aromatic heterocycles. The van der Waals surface area contributed by atoms with E-state index < -0.39 is 5.41 Å². The van der Waals surface area contributed by atoms with E-state index >= 15 is 0 Å². The van der Waals surface area contributed by atoms with E-state index in [1.165, 1.54) is 35.4 Å². The molecule has 1 aliphatic heterocycles. The molecule has 334 valence electrons. The molecule has 1 saturated heterocycles. The third kappa shape index (κ3) is 13.4. The van der Waals surface area contributed by atoms with Gasteiger partial charge in [0.15, 0.2) is 23.0 Å². The van der Waals surface area contributed by atoms with E-state index in [9.17, 15) is 14.0 Å². The van der Waals surface area contributed by atoms with Crippen LogP contribution in [0.3, 0.4) is 0 Å².